The van der Waals surface area contributed by atoms with Gasteiger partial charge in [0.05, 0.1) is 0 Å². The van der Waals surface area contributed by atoms with E-state index in [-0.39, 0.29) is 0 Å². The molecule has 0 radical (unpaired) electrons. The molecule has 0 unspecified atom stereocenters. The SMILES string of the molecule is Cc1c(C)n(Cc2ccccc2)c2c(OCc3ccccc3)nccc12. The summed E-state index contributed by atoms with van der Waals surface area (Å²) < 4.78 is 8.43. The van der Waals surface area contributed by atoms with Gasteiger partial charge in [-0.15, -0.1) is 0 Å². The number of benzene rings is 2. The van der Waals surface area contributed by atoms with E-state index in [4.69, 9.17) is 4.74 Å². The van der Waals surface area contributed by atoms with Crippen molar-refractivity contribution in [2.24, 2.45) is 0 Å². The first-order chi connectivity index (χ1) is 12.7. The van der Waals surface area contributed by atoms with Gasteiger partial charge >= 0.3 is 0 Å². The predicted octanol–water partition coefficient (Wildman–Crippen LogP) is 5.28. The third kappa shape index (κ3) is 3.08. The fourth-order valence-corrected chi connectivity index (χ4v) is 3.36. The molecular weight excluding hydrogens is 320 g/mol. The van der Waals surface area contributed by atoms with Crippen molar-refractivity contribution in [2.45, 2.75) is 27.0 Å². The molecule has 3 nitrogen and oxygen atoms in total. The molecule has 0 bridgehead atoms. The lowest BCUT2D eigenvalue weighted by Gasteiger charge is -2.12. The number of ether oxygens (including phenoxy) is 1. The first kappa shape index (κ1) is 16.4. The van der Waals surface area contributed by atoms with Crippen molar-refractivity contribution in [1.29, 1.82) is 0 Å². The third-order valence-electron chi connectivity index (χ3n) is 4.91. The quantitative estimate of drug-likeness (QED) is 0.493. The maximum atomic E-state index is 6.12. The van der Waals surface area contributed by atoms with Gasteiger partial charge in [-0.2, -0.15) is 0 Å². The van der Waals surface area contributed by atoms with E-state index < -0.39 is 0 Å². The molecule has 0 aliphatic heterocycles. The normalized spacial score (nSPS) is 11.0. The van der Waals surface area contributed by atoms with Gasteiger partial charge in [0.25, 0.3) is 0 Å². The van der Waals surface area contributed by atoms with Crippen LogP contribution in [0.15, 0.2) is 72.9 Å². The summed E-state index contributed by atoms with van der Waals surface area (Å²) in [5.74, 6) is 0.693. The lowest BCUT2D eigenvalue weighted by molar-refractivity contribution is 0.296. The first-order valence-corrected chi connectivity index (χ1v) is 8.89. The van der Waals surface area contributed by atoms with Gasteiger partial charge < -0.3 is 9.30 Å². The Morgan fingerprint density at radius 3 is 2.19 bits per heavy atom. The lowest BCUT2D eigenvalue weighted by atomic mass is 10.2. The Kier molecular flexibility index (Phi) is 4.44. The largest absolute Gasteiger partial charge is 0.471 e. The Morgan fingerprint density at radius 2 is 1.50 bits per heavy atom. The van der Waals surface area contributed by atoms with E-state index >= 15 is 0 Å². The van der Waals surface area contributed by atoms with Crippen molar-refractivity contribution in [3.63, 3.8) is 0 Å². The summed E-state index contributed by atoms with van der Waals surface area (Å²) in [6.07, 6.45) is 1.84. The van der Waals surface area contributed by atoms with Gasteiger partial charge in [-0.25, -0.2) is 4.98 Å². The standard InChI is InChI=1S/C23H22N2O/c1-17-18(2)25(15-19-9-5-3-6-10-19)22-21(17)13-14-24-23(22)26-16-20-11-7-4-8-12-20/h3-14H,15-16H2,1-2H3. The molecule has 4 aromatic rings. The molecule has 0 saturated heterocycles. The van der Waals surface area contributed by atoms with Gasteiger partial charge in [-0.3, -0.25) is 0 Å². The molecule has 0 fully saturated rings. The zero-order chi connectivity index (χ0) is 17.9. The van der Waals surface area contributed by atoms with Gasteiger partial charge in [0.2, 0.25) is 5.88 Å². The molecule has 0 aliphatic rings. The Bertz CT molecular complexity index is 1020. The van der Waals surface area contributed by atoms with Crippen molar-refractivity contribution in [3.05, 3.63) is 95.3 Å². The van der Waals surface area contributed by atoms with Gasteiger partial charge in [0.1, 0.15) is 12.1 Å². The minimum absolute atomic E-state index is 0.515. The molecular formula is C23H22N2O. The molecule has 4 rings (SSSR count). The number of pyridine rings is 1. The smallest absolute Gasteiger partial charge is 0.238 e. The summed E-state index contributed by atoms with van der Waals surface area (Å²) in [6, 6.07) is 22.8. The van der Waals surface area contributed by atoms with Crippen LogP contribution in [0.2, 0.25) is 0 Å². The average Bonchev–Trinajstić information content (AvgIpc) is 2.93. The lowest BCUT2D eigenvalue weighted by Crippen LogP contribution is -2.05. The van der Waals surface area contributed by atoms with Crippen molar-refractivity contribution < 1.29 is 4.74 Å². The number of hydrogen-bond donors (Lipinski definition) is 0. The molecule has 0 atom stereocenters. The minimum Gasteiger partial charge on any atom is -0.471 e. The average molecular weight is 342 g/mol. The zero-order valence-corrected chi connectivity index (χ0v) is 15.1. The van der Waals surface area contributed by atoms with Crippen molar-refractivity contribution in [2.75, 3.05) is 0 Å². The summed E-state index contributed by atoms with van der Waals surface area (Å²) >= 11 is 0. The molecule has 26 heavy (non-hydrogen) atoms. The Labute approximate surface area is 153 Å². The van der Waals surface area contributed by atoms with E-state index in [1.165, 1.54) is 22.2 Å². The van der Waals surface area contributed by atoms with E-state index in [0.717, 1.165) is 17.6 Å². The molecule has 0 aliphatic carbocycles. The number of hydrogen-bond acceptors (Lipinski definition) is 2. The molecule has 0 N–H and O–H groups in total. The zero-order valence-electron chi connectivity index (χ0n) is 15.1. The number of fused-ring (bicyclic) bond motifs is 1. The first-order valence-electron chi connectivity index (χ1n) is 8.89. The van der Waals surface area contributed by atoms with Crippen molar-refractivity contribution in [3.8, 4) is 5.88 Å². The van der Waals surface area contributed by atoms with Crippen molar-refractivity contribution >= 4 is 10.9 Å². The summed E-state index contributed by atoms with van der Waals surface area (Å²) in [7, 11) is 0. The molecule has 0 amide bonds. The number of rotatable bonds is 5. The summed E-state index contributed by atoms with van der Waals surface area (Å²) in [5, 5.41) is 1.21. The van der Waals surface area contributed by atoms with Crippen LogP contribution in [-0.2, 0) is 13.2 Å². The summed E-state index contributed by atoms with van der Waals surface area (Å²) in [6.45, 7) is 5.66. The topological polar surface area (TPSA) is 27.1 Å². The number of nitrogens with zero attached hydrogens (tertiary/aromatic N) is 2. The van der Waals surface area contributed by atoms with Crippen LogP contribution in [0.3, 0.4) is 0 Å². The van der Waals surface area contributed by atoms with Crippen LogP contribution in [0.25, 0.3) is 10.9 Å². The van der Waals surface area contributed by atoms with Crippen LogP contribution in [0.5, 0.6) is 5.88 Å². The van der Waals surface area contributed by atoms with E-state index in [2.05, 4.69) is 65.9 Å². The van der Waals surface area contributed by atoms with Crippen LogP contribution in [-0.4, -0.2) is 9.55 Å². The van der Waals surface area contributed by atoms with E-state index in [9.17, 15) is 0 Å². The monoisotopic (exact) mass is 342 g/mol. The van der Waals surface area contributed by atoms with Crippen LogP contribution in [0, 0.1) is 13.8 Å². The van der Waals surface area contributed by atoms with Crippen LogP contribution >= 0.6 is 0 Å². The predicted molar refractivity (Wildman–Crippen MR) is 106 cm³/mol. The highest BCUT2D eigenvalue weighted by molar-refractivity contribution is 5.89. The Morgan fingerprint density at radius 1 is 0.846 bits per heavy atom. The molecule has 2 heterocycles. The fourth-order valence-electron chi connectivity index (χ4n) is 3.36. The Hall–Kier alpha value is -3.07. The molecule has 130 valence electrons. The number of aryl methyl sites for hydroxylation is 1. The van der Waals surface area contributed by atoms with Crippen LogP contribution < -0.4 is 4.74 Å². The second-order valence-corrected chi connectivity index (χ2v) is 6.57. The van der Waals surface area contributed by atoms with Gasteiger partial charge in [-0.05, 0) is 36.6 Å². The van der Waals surface area contributed by atoms with E-state index in [1.807, 2.05) is 30.5 Å². The van der Waals surface area contributed by atoms with E-state index in [0.29, 0.717) is 12.5 Å². The highest BCUT2D eigenvalue weighted by Gasteiger charge is 2.16. The van der Waals surface area contributed by atoms with Crippen LogP contribution in [0.1, 0.15) is 22.4 Å². The molecule has 0 saturated carbocycles. The maximum Gasteiger partial charge on any atom is 0.238 e. The minimum atomic E-state index is 0.515. The summed E-state index contributed by atoms with van der Waals surface area (Å²) in [5.41, 5.74) is 6.01. The molecule has 0 spiro atoms. The van der Waals surface area contributed by atoms with Gasteiger partial charge in [0.15, 0.2) is 0 Å². The second-order valence-electron chi connectivity index (χ2n) is 6.57. The fraction of sp³-hybridized carbons (Fsp3) is 0.174. The third-order valence-corrected chi connectivity index (χ3v) is 4.91. The summed E-state index contributed by atoms with van der Waals surface area (Å²) in [4.78, 5) is 4.54. The molecule has 3 heteroatoms. The highest BCUT2D eigenvalue weighted by atomic mass is 16.5. The van der Waals surface area contributed by atoms with Gasteiger partial charge in [0, 0.05) is 23.8 Å². The molecule has 2 aromatic carbocycles. The highest BCUT2D eigenvalue weighted by Crippen LogP contribution is 2.31. The van der Waals surface area contributed by atoms with Crippen molar-refractivity contribution in [1.82, 2.24) is 9.55 Å². The van der Waals surface area contributed by atoms with Gasteiger partial charge in [-0.1, -0.05) is 60.7 Å². The van der Waals surface area contributed by atoms with Crippen LogP contribution in [0.4, 0.5) is 0 Å². The molecule has 2 aromatic heterocycles. The maximum absolute atomic E-state index is 6.12. The Balaban J connectivity index is 1.75. The second kappa shape index (κ2) is 7.04. The van der Waals surface area contributed by atoms with E-state index in [1.54, 1.807) is 0 Å². The number of aromatic nitrogens is 2.